The summed E-state index contributed by atoms with van der Waals surface area (Å²) in [5.41, 5.74) is 6.30. The lowest BCUT2D eigenvalue weighted by molar-refractivity contribution is -0.117. The minimum absolute atomic E-state index is 0.0249. The molecule has 0 bridgehead atoms. The van der Waals surface area contributed by atoms with Gasteiger partial charge in [0.15, 0.2) is 0 Å². The molecule has 0 unspecified atom stereocenters. The van der Waals surface area contributed by atoms with Crippen LogP contribution >= 0.6 is 0 Å². The van der Waals surface area contributed by atoms with Crippen molar-refractivity contribution in [1.82, 2.24) is 4.90 Å². The number of hydrogen-bond donors (Lipinski definition) is 2. The van der Waals surface area contributed by atoms with Gasteiger partial charge in [-0.05, 0) is 42.5 Å². The number of hydrogen-bond acceptors (Lipinski definition) is 3. The standard InChI is InChI=1S/C16H23N3O2/c1-11-7-12(2)9-19(8-11)10-15(20)18-14-5-3-13(4-6-14)16(17)21/h3-6,11-12H,7-10H2,1-2H3,(H2,17,21)(H,18,20)/t11-,12+. The molecule has 2 amide bonds. The van der Waals surface area contributed by atoms with E-state index in [0.717, 1.165) is 13.1 Å². The molecule has 0 aliphatic carbocycles. The van der Waals surface area contributed by atoms with Crippen molar-refractivity contribution in [3.05, 3.63) is 29.8 Å². The van der Waals surface area contributed by atoms with Gasteiger partial charge in [0.25, 0.3) is 0 Å². The maximum Gasteiger partial charge on any atom is 0.248 e. The molecule has 5 nitrogen and oxygen atoms in total. The molecule has 1 aliphatic heterocycles. The van der Waals surface area contributed by atoms with Crippen molar-refractivity contribution in [2.45, 2.75) is 20.3 Å². The SMILES string of the molecule is C[C@@H]1C[C@H](C)CN(CC(=O)Nc2ccc(C(N)=O)cc2)C1. The van der Waals surface area contributed by atoms with E-state index in [1.165, 1.54) is 6.42 Å². The van der Waals surface area contributed by atoms with E-state index in [4.69, 9.17) is 5.73 Å². The van der Waals surface area contributed by atoms with Gasteiger partial charge in [0, 0.05) is 24.3 Å². The third-order valence-corrected chi connectivity index (χ3v) is 3.76. The first-order valence-electron chi connectivity index (χ1n) is 7.36. The maximum atomic E-state index is 12.1. The summed E-state index contributed by atoms with van der Waals surface area (Å²) in [6.07, 6.45) is 1.23. The van der Waals surface area contributed by atoms with E-state index < -0.39 is 5.91 Å². The number of carbonyl (C=O) groups excluding carboxylic acids is 2. The molecule has 1 heterocycles. The van der Waals surface area contributed by atoms with Crippen molar-refractivity contribution in [2.24, 2.45) is 17.6 Å². The number of benzene rings is 1. The number of nitrogens with two attached hydrogens (primary N) is 1. The summed E-state index contributed by atoms with van der Waals surface area (Å²) in [5.74, 6) is 0.778. The highest BCUT2D eigenvalue weighted by atomic mass is 16.2. The summed E-state index contributed by atoms with van der Waals surface area (Å²) < 4.78 is 0. The number of nitrogens with zero attached hydrogens (tertiary/aromatic N) is 1. The van der Waals surface area contributed by atoms with Crippen LogP contribution in [0.4, 0.5) is 5.69 Å². The third kappa shape index (κ3) is 4.56. The summed E-state index contributed by atoms with van der Waals surface area (Å²) in [4.78, 5) is 25.3. The molecular weight excluding hydrogens is 266 g/mol. The average Bonchev–Trinajstić information content (AvgIpc) is 2.37. The van der Waals surface area contributed by atoms with E-state index in [9.17, 15) is 9.59 Å². The predicted octanol–water partition coefficient (Wildman–Crippen LogP) is 1.70. The Morgan fingerprint density at radius 2 is 1.76 bits per heavy atom. The molecule has 114 valence electrons. The molecule has 2 atom stereocenters. The Morgan fingerprint density at radius 1 is 1.19 bits per heavy atom. The van der Waals surface area contributed by atoms with Gasteiger partial charge < -0.3 is 11.1 Å². The van der Waals surface area contributed by atoms with Crippen LogP contribution in [0.3, 0.4) is 0 Å². The molecule has 0 aromatic heterocycles. The molecule has 3 N–H and O–H groups in total. The van der Waals surface area contributed by atoms with E-state index in [0.29, 0.717) is 29.6 Å². The van der Waals surface area contributed by atoms with Crippen LogP contribution in [0.1, 0.15) is 30.6 Å². The fourth-order valence-electron chi connectivity index (χ4n) is 3.04. The Kier molecular flexibility index (Phi) is 4.96. The third-order valence-electron chi connectivity index (χ3n) is 3.76. The van der Waals surface area contributed by atoms with Crippen molar-refractivity contribution in [1.29, 1.82) is 0 Å². The Balaban J connectivity index is 1.88. The van der Waals surface area contributed by atoms with Gasteiger partial charge in [0.2, 0.25) is 11.8 Å². The van der Waals surface area contributed by atoms with Gasteiger partial charge in [0.05, 0.1) is 6.54 Å². The van der Waals surface area contributed by atoms with Crippen molar-refractivity contribution in [3.63, 3.8) is 0 Å². The highest BCUT2D eigenvalue weighted by Gasteiger charge is 2.23. The molecule has 0 spiro atoms. The van der Waals surface area contributed by atoms with Crippen molar-refractivity contribution >= 4 is 17.5 Å². The second-order valence-corrected chi connectivity index (χ2v) is 6.13. The lowest BCUT2D eigenvalue weighted by Crippen LogP contribution is -2.42. The van der Waals surface area contributed by atoms with Crippen LogP contribution in [0.2, 0.25) is 0 Å². The first kappa shape index (κ1) is 15.5. The van der Waals surface area contributed by atoms with Crippen LogP contribution < -0.4 is 11.1 Å². The number of rotatable bonds is 4. The van der Waals surface area contributed by atoms with Gasteiger partial charge in [0.1, 0.15) is 0 Å². The molecule has 1 aromatic carbocycles. The smallest absolute Gasteiger partial charge is 0.248 e. The van der Waals surface area contributed by atoms with Crippen LogP contribution in [-0.2, 0) is 4.79 Å². The molecule has 0 saturated carbocycles. The van der Waals surface area contributed by atoms with Gasteiger partial charge in [-0.2, -0.15) is 0 Å². The van der Waals surface area contributed by atoms with E-state index in [-0.39, 0.29) is 5.91 Å². The highest BCUT2D eigenvalue weighted by molar-refractivity contribution is 5.95. The van der Waals surface area contributed by atoms with Crippen molar-refractivity contribution in [2.75, 3.05) is 25.0 Å². The number of amides is 2. The highest BCUT2D eigenvalue weighted by Crippen LogP contribution is 2.20. The number of nitrogens with one attached hydrogen (secondary N) is 1. The Bertz CT molecular complexity index is 503. The van der Waals surface area contributed by atoms with E-state index in [1.807, 2.05) is 0 Å². The molecule has 2 rings (SSSR count). The number of likely N-dealkylation sites (tertiary alicyclic amines) is 1. The number of carbonyl (C=O) groups is 2. The van der Waals surface area contributed by atoms with Crippen LogP contribution in [0.5, 0.6) is 0 Å². The zero-order valence-corrected chi connectivity index (χ0v) is 12.6. The van der Waals surface area contributed by atoms with Crippen LogP contribution in [0.25, 0.3) is 0 Å². The first-order chi connectivity index (χ1) is 9.94. The fourth-order valence-corrected chi connectivity index (χ4v) is 3.04. The first-order valence-corrected chi connectivity index (χ1v) is 7.36. The number of anilines is 1. The molecule has 21 heavy (non-hydrogen) atoms. The summed E-state index contributed by atoms with van der Waals surface area (Å²) >= 11 is 0. The van der Waals surface area contributed by atoms with Crippen molar-refractivity contribution in [3.8, 4) is 0 Å². The molecule has 1 fully saturated rings. The quantitative estimate of drug-likeness (QED) is 0.886. The summed E-state index contributed by atoms with van der Waals surface area (Å²) in [7, 11) is 0. The van der Waals surface area contributed by atoms with Gasteiger partial charge in [-0.1, -0.05) is 13.8 Å². The zero-order valence-electron chi connectivity index (χ0n) is 12.6. The molecule has 0 radical (unpaired) electrons. The molecule has 1 saturated heterocycles. The van der Waals surface area contributed by atoms with Crippen LogP contribution in [0.15, 0.2) is 24.3 Å². The zero-order chi connectivity index (χ0) is 15.4. The lowest BCUT2D eigenvalue weighted by atomic mass is 9.92. The minimum atomic E-state index is -0.468. The van der Waals surface area contributed by atoms with E-state index in [2.05, 4.69) is 24.1 Å². The molecule has 1 aromatic rings. The van der Waals surface area contributed by atoms with Gasteiger partial charge in [-0.15, -0.1) is 0 Å². The largest absolute Gasteiger partial charge is 0.366 e. The molecular formula is C16H23N3O2. The van der Waals surface area contributed by atoms with E-state index >= 15 is 0 Å². The summed E-state index contributed by atoms with van der Waals surface area (Å²) in [5, 5.41) is 2.85. The second kappa shape index (κ2) is 6.72. The molecule has 5 heteroatoms. The monoisotopic (exact) mass is 289 g/mol. The number of piperidine rings is 1. The predicted molar refractivity (Wildman–Crippen MR) is 83.0 cm³/mol. The second-order valence-electron chi connectivity index (χ2n) is 6.13. The Hall–Kier alpha value is -1.88. The van der Waals surface area contributed by atoms with Crippen LogP contribution in [0, 0.1) is 11.8 Å². The van der Waals surface area contributed by atoms with Crippen LogP contribution in [-0.4, -0.2) is 36.3 Å². The maximum absolute atomic E-state index is 12.1. The molecule has 1 aliphatic rings. The number of primary amides is 1. The van der Waals surface area contributed by atoms with Crippen molar-refractivity contribution < 1.29 is 9.59 Å². The Labute approximate surface area is 125 Å². The summed E-state index contributed by atoms with van der Waals surface area (Å²) in [6, 6.07) is 6.62. The summed E-state index contributed by atoms with van der Waals surface area (Å²) in [6.45, 7) is 6.80. The Morgan fingerprint density at radius 3 is 2.29 bits per heavy atom. The minimum Gasteiger partial charge on any atom is -0.366 e. The fraction of sp³-hybridized carbons (Fsp3) is 0.500. The van der Waals surface area contributed by atoms with Gasteiger partial charge >= 0.3 is 0 Å². The van der Waals surface area contributed by atoms with Gasteiger partial charge in [-0.25, -0.2) is 0 Å². The van der Waals surface area contributed by atoms with E-state index in [1.54, 1.807) is 24.3 Å². The average molecular weight is 289 g/mol. The van der Waals surface area contributed by atoms with Gasteiger partial charge in [-0.3, -0.25) is 14.5 Å². The normalized spacial score (nSPS) is 22.8. The topological polar surface area (TPSA) is 75.4 Å². The lowest BCUT2D eigenvalue weighted by Gasteiger charge is -2.34.